The van der Waals surface area contributed by atoms with Crippen molar-refractivity contribution in [3.05, 3.63) is 29.8 Å². The van der Waals surface area contributed by atoms with Crippen molar-refractivity contribution in [3.8, 4) is 0 Å². The smallest absolute Gasteiger partial charge is 0.241 e. The largest absolute Gasteiger partial charge is 0.310 e. The standard InChI is InChI=1S/C16H28N2O2S/c1-6-11-16(4,5)18-21(19,20)15-10-8-7-9-14(15)12-17-13(2)3/h7-10,13,17-18H,6,11-12H2,1-5H3. The Morgan fingerprint density at radius 2 is 1.81 bits per heavy atom. The molecule has 0 radical (unpaired) electrons. The molecular weight excluding hydrogens is 284 g/mol. The Bertz CT molecular complexity index is 551. The van der Waals surface area contributed by atoms with Crippen LogP contribution in [0.2, 0.25) is 0 Å². The van der Waals surface area contributed by atoms with Gasteiger partial charge in [-0.25, -0.2) is 13.1 Å². The highest BCUT2D eigenvalue weighted by molar-refractivity contribution is 7.89. The van der Waals surface area contributed by atoms with Crippen LogP contribution < -0.4 is 10.0 Å². The summed E-state index contributed by atoms with van der Waals surface area (Å²) in [7, 11) is -3.51. The van der Waals surface area contributed by atoms with Gasteiger partial charge >= 0.3 is 0 Å². The van der Waals surface area contributed by atoms with Gasteiger partial charge in [-0.15, -0.1) is 0 Å². The maximum Gasteiger partial charge on any atom is 0.241 e. The molecule has 0 aliphatic rings. The van der Waals surface area contributed by atoms with Crippen molar-refractivity contribution in [1.29, 1.82) is 0 Å². The van der Waals surface area contributed by atoms with Crippen LogP contribution in [-0.4, -0.2) is 20.0 Å². The fourth-order valence-electron chi connectivity index (χ4n) is 2.32. The first-order valence-electron chi connectivity index (χ1n) is 7.53. The molecule has 0 amide bonds. The first-order chi connectivity index (χ1) is 9.68. The van der Waals surface area contributed by atoms with E-state index < -0.39 is 15.6 Å². The highest BCUT2D eigenvalue weighted by atomic mass is 32.2. The van der Waals surface area contributed by atoms with Crippen molar-refractivity contribution in [1.82, 2.24) is 10.0 Å². The van der Waals surface area contributed by atoms with Crippen LogP contribution in [0.4, 0.5) is 0 Å². The number of benzene rings is 1. The summed E-state index contributed by atoms with van der Waals surface area (Å²) in [6.45, 7) is 10.5. The third kappa shape index (κ3) is 5.77. The SMILES string of the molecule is CCCC(C)(C)NS(=O)(=O)c1ccccc1CNC(C)C. The van der Waals surface area contributed by atoms with Gasteiger partial charge in [-0.05, 0) is 31.9 Å². The Morgan fingerprint density at radius 3 is 2.38 bits per heavy atom. The second-order valence-corrected chi connectivity index (χ2v) is 8.03. The van der Waals surface area contributed by atoms with Crippen LogP contribution in [-0.2, 0) is 16.6 Å². The number of rotatable bonds is 8. The molecule has 0 saturated heterocycles. The second-order valence-electron chi connectivity index (χ2n) is 6.38. The first-order valence-corrected chi connectivity index (χ1v) is 9.01. The van der Waals surface area contributed by atoms with Gasteiger partial charge in [0, 0.05) is 18.1 Å². The lowest BCUT2D eigenvalue weighted by atomic mass is 10.0. The maximum absolute atomic E-state index is 12.6. The monoisotopic (exact) mass is 312 g/mol. The highest BCUT2D eigenvalue weighted by Gasteiger charge is 2.26. The topological polar surface area (TPSA) is 58.2 Å². The van der Waals surface area contributed by atoms with Gasteiger partial charge < -0.3 is 5.32 Å². The van der Waals surface area contributed by atoms with Gasteiger partial charge in [-0.3, -0.25) is 0 Å². The van der Waals surface area contributed by atoms with E-state index in [1.807, 2.05) is 39.8 Å². The minimum absolute atomic E-state index is 0.310. The van der Waals surface area contributed by atoms with Crippen molar-refractivity contribution >= 4 is 10.0 Å². The van der Waals surface area contributed by atoms with Crippen LogP contribution in [0.5, 0.6) is 0 Å². The molecule has 0 fully saturated rings. The van der Waals surface area contributed by atoms with Crippen molar-refractivity contribution in [2.24, 2.45) is 0 Å². The second kappa shape index (κ2) is 7.38. The lowest BCUT2D eigenvalue weighted by Gasteiger charge is -2.26. The van der Waals surface area contributed by atoms with Crippen molar-refractivity contribution in [2.75, 3.05) is 0 Å². The van der Waals surface area contributed by atoms with Crippen LogP contribution in [0.25, 0.3) is 0 Å². The van der Waals surface area contributed by atoms with Crippen LogP contribution in [0.1, 0.15) is 53.0 Å². The highest BCUT2D eigenvalue weighted by Crippen LogP contribution is 2.20. The number of hydrogen-bond acceptors (Lipinski definition) is 3. The molecular formula is C16H28N2O2S. The van der Waals surface area contributed by atoms with Crippen molar-refractivity contribution in [2.45, 2.75) is 70.5 Å². The molecule has 0 heterocycles. The van der Waals surface area contributed by atoms with Gasteiger partial charge in [0.1, 0.15) is 0 Å². The Balaban J connectivity index is 3.03. The number of sulfonamides is 1. The van der Waals surface area contributed by atoms with E-state index in [0.717, 1.165) is 18.4 Å². The lowest BCUT2D eigenvalue weighted by molar-refractivity contribution is 0.417. The van der Waals surface area contributed by atoms with E-state index >= 15 is 0 Å². The van der Waals surface area contributed by atoms with E-state index in [2.05, 4.69) is 17.0 Å². The zero-order valence-corrected chi connectivity index (χ0v) is 14.5. The van der Waals surface area contributed by atoms with Gasteiger partial charge in [0.25, 0.3) is 0 Å². The summed E-state index contributed by atoms with van der Waals surface area (Å²) >= 11 is 0. The van der Waals surface area contributed by atoms with Gasteiger partial charge in [0.15, 0.2) is 0 Å². The lowest BCUT2D eigenvalue weighted by Crippen LogP contribution is -2.43. The van der Waals surface area contributed by atoms with E-state index in [-0.39, 0.29) is 0 Å². The summed E-state index contributed by atoms with van der Waals surface area (Å²) in [4.78, 5) is 0.363. The zero-order chi connectivity index (χ0) is 16.1. The van der Waals surface area contributed by atoms with Gasteiger partial charge in [-0.2, -0.15) is 0 Å². The molecule has 0 aromatic heterocycles. The summed E-state index contributed by atoms with van der Waals surface area (Å²) in [6, 6.07) is 7.47. The molecule has 0 aliphatic heterocycles. The fourth-order valence-corrected chi connectivity index (χ4v) is 4.00. The molecule has 1 aromatic carbocycles. The van der Waals surface area contributed by atoms with Gasteiger partial charge in [-0.1, -0.05) is 45.4 Å². The van der Waals surface area contributed by atoms with Crippen LogP contribution in [0.3, 0.4) is 0 Å². The van der Waals surface area contributed by atoms with Gasteiger partial charge in [0.05, 0.1) is 4.90 Å². The molecule has 2 N–H and O–H groups in total. The molecule has 0 bridgehead atoms. The Labute approximate surface area is 129 Å². The average Bonchev–Trinajstić information content (AvgIpc) is 2.35. The molecule has 0 spiro atoms. The van der Waals surface area contributed by atoms with Crippen LogP contribution in [0, 0.1) is 0 Å². The summed E-state index contributed by atoms with van der Waals surface area (Å²) in [6.07, 6.45) is 1.74. The van der Waals surface area contributed by atoms with E-state index in [4.69, 9.17) is 0 Å². The maximum atomic E-state index is 12.6. The number of hydrogen-bond donors (Lipinski definition) is 2. The van der Waals surface area contributed by atoms with Crippen molar-refractivity contribution < 1.29 is 8.42 Å². The normalized spacial score (nSPS) is 12.9. The Hall–Kier alpha value is -0.910. The van der Waals surface area contributed by atoms with E-state index in [1.165, 1.54) is 0 Å². The molecule has 1 aromatic rings. The van der Waals surface area contributed by atoms with Crippen molar-refractivity contribution in [3.63, 3.8) is 0 Å². The van der Waals surface area contributed by atoms with E-state index in [0.29, 0.717) is 17.5 Å². The summed E-state index contributed by atoms with van der Waals surface area (Å²) in [5.41, 5.74) is 0.359. The minimum Gasteiger partial charge on any atom is -0.310 e. The van der Waals surface area contributed by atoms with Crippen LogP contribution >= 0.6 is 0 Å². The fraction of sp³-hybridized carbons (Fsp3) is 0.625. The molecule has 4 nitrogen and oxygen atoms in total. The van der Waals surface area contributed by atoms with E-state index in [1.54, 1.807) is 12.1 Å². The third-order valence-electron chi connectivity index (χ3n) is 3.25. The summed E-state index contributed by atoms with van der Waals surface area (Å²) in [5.74, 6) is 0. The molecule has 0 atom stereocenters. The molecule has 5 heteroatoms. The number of nitrogens with one attached hydrogen (secondary N) is 2. The summed E-state index contributed by atoms with van der Waals surface area (Å²) < 4.78 is 28.1. The predicted molar refractivity (Wildman–Crippen MR) is 87.7 cm³/mol. The molecule has 0 saturated carbocycles. The van der Waals surface area contributed by atoms with Crippen LogP contribution in [0.15, 0.2) is 29.2 Å². The summed E-state index contributed by atoms with van der Waals surface area (Å²) in [5, 5.41) is 3.27. The molecule has 1 rings (SSSR count). The molecule has 0 unspecified atom stereocenters. The molecule has 120 valence electrons. The molecule has 21 heavy (non-hydrogen) atoms. The minimum atomic E-state index is -3.51. The predicted octanol–water partition coefficient (Wildman–Crippen LogP) is 3.04. The quantitative estimate of drug-likeness (QED) is 0.775. The third-order valence-corrected chi connectivity index (χ3v) is 5.05. The van der Waals surface area contributed by atoms with Gasteiger partial charge in [0.2, 0.25) is 10.0 Å². The Morgan fingerprint density at radius 1 is 1.19 bits per heavy atom. The molecule has 0 aliphatic carbocycles. The zero-order valence-electron chi connectivity index (χ0n) is 13.7. The Kier molecular flexibility index (Phi) is 6.38. The average molecular weight is 312 g/mol. The first kappa shape index (κ1) is 18.1. The van der Waals surface area contributed by atoms with E-state index in [9.17, 15) is 8.42 Å².